The van der Waals surface area contributed by atoms with Crippen molar-refractivity contribution >= 4 is 21.4 Å². The molecule has 21 heavy (non-hydrogen) atoms. The first kappa shape index (κ1) is 17.7. The van der Waals surface area contributed by atoms with Gasteiger partial charge in [-0.15, -0.1) is 0 Å². The smallest absolute Gasteiger partial charge is 0.227 e. The molecule has 0 fully saturated rings. The average Bonchev–Trinajstić information content (AvgIpc) is 2.37. The molecule has 1 atom stereocenters. The minimum absolute atomic E-state index is 0.0342. The van der Waals surface area contributed by atoms with Crippen molar-refractivity contribution < 1.29 is 13.2 Å². The molecule has 1 unspecified atom stereocenters. The summed E-state index contributed by atoms with van der Waals surface area (Å²) in [5.74, 6) is -0.430. The van der Waals surface area contributed by atoms with E-state index in [2.05, 4.69) is 18.3 Å². The van der Waals surface area contributed by atoms with Crippen LogP contribution in [0.2, 0.25) is 0 Å². The molecule has 0 spiro atoms. The first-order valence-corrected chi connectivity index (χ1v) is 9.15. The lowest BCUT2D eigenvalue weighted by molar-refractivity contribution is -0.119. The molecule has 1 aromatic carbocycles. The Morgan fingerprint density at radius 3 is 2.24 bits per heavy atom. The van der Waals surface area contributed by atoms with Crippen LogP contribution in [-0.2, 0) is 14.6 Å². The van der Waals surface area contributed by atoms with Gasteiger partial charge >= 0.3 is 0 Å². The van der Waals surface area contributed by atoms with Crippen molar-refractivity contribution in [3.05, 3.63) is 28.3 Å². The maximum atomic E-state index is 12.2. The first-order chi connectivity index (χ1) is 9.53. The Bertz CT molecular complexity index is 648. The molecule has 0 saturated heterocycles. The number of carbonyl (C=O) groups excluding carboxylic acids is 1. The molecule has 0 bridgehead atoms. The van der Waals surface area contributed by atoms with E-state index in [1.807, 2.05) is 20.8 Å². The summed E-state index contributed by atoms with van der Waals surface area (Å²) in [6.07, 6.45) is 1.53. The maximum Gasteiger partial charge on any atom is 0.227 e. The van der Waals surface area contributed by atoms with Gasteiger partial charge in [-0.05, 0) is 56.4 Å². The van der Waals surface area contributed by atoms with Crippen molar-refractivity contribution in [3.63, 3.8) is 0 Å². The Hall–Kier alpha value is -1.36. The summed E-state index contributed by atoms with van der Waals surface area (Å²) in [6, 6.07) is 2.05. The van der Waals surface area contributed by atoms with E-state index >= 15 is 0 Å². The van der Waals surface area contributed by atoms with Crippen LogP contribution in [0.4, 0.5) is 5.69 Å². The Morgan fingerprint density at radius 2 is 1.71 bits per heavy atom. The third kappa shape index (κ3) is 4.84. The van der Waals surface area contributed by atoms with Crippen molar-refractivity contribution in [1.82, 2.24) is 0 Å². The molecule has 118 valence electrons. The van der Waals surface area contributed by atoms with Crippen LogP contribution in [0, 0.1) is 33.6 Å². The summed E-state index contributed by atoms with van der Waals surface area (Å²) in [5, 5.41) is 2.95. The third-order valence-electron chi connectivity index (χ3n) is 3.97. The Morgan fingerprint density at radius 1 is 1.14 bits per heavy atom. The van der Waals surface area contributed by atoms with Crippen LogP contribution >= 0.6 is 0 Å². The number of hydrogen-bond donors (Lipinski definition) is 1. The summed E-state index contributed by atoms with van der Waals surface area (Å²) in [6.45, 7) is 9.80. The number of carbonyl (C=O) groups is 1. The van der Waals surface area contributed by atoms with Gasteiger partial charge in [0.15, 0.2) is 0 Å². The van der Waals surface area contributed by atoms with Gasteiger partial charge in [0.1, 0.15) is 9.84 Å². The Kier molecular flexibility index (Phi) is 5.56. The van der Waals surface area contributed by atoms with E-state index in [4.69, 9.17) is 0 Å². The van der Waals surface area contributed by atoms with Gasteiger partial charge in [0.05, 0.1) is 5.75 Å². The highest BCUT2D eigenvalue weighted by atomic mass is 32.2. The van der Waals surface area contributed by atoms with Crippen molar-refractivity contribution in [3.8, 4) is 0 Å². The van der Waals surface area contributed by atoms with E-state index in [-0.39, 0.29) is 17.6 Å². The standard InChI is InChI=1S/C16H25NO3S/c1-10(7-8-21(6,19)20)16(18)17-15-12(3)9-11(2)13(4)14(15)5/h9-10H,7-8H2,1-6H3,(H,17,18). The van der Waals surface area contributed by atoms with Gasteiger partial charge in [-0.3, -0.25) is 4.79 Å². The quantitative estimate of drug-likeness (QED) is 0.909. The van der Waals surface area contributed by atoms with Gasteiger partial charge in [-0.25, -0.2) is 8.42 Å². The van der Waals surface area contributed by atoms with E-state index < -0.39 is 9.84 Å². The molecule has 1 aromatic rings. The average molecular weight is 311 g/mol. The second-order valence-corrected chi connectivity index (χ2v) is 8.20. The van der Waals surface area contributed by atoms with Gasteiger partial charge in [-0.1, -0.05) is 13.0 Å². The van der Waals surface area contributed by atoms with Gasteiger partial charge in [0.2, 0.25) is 5.91 Å². The highest BCUT2D eigenvalue weighted by molar-refractivity contribution is 7.90. The lowest BCUT2D eigenvalue weighted by Gasteiger charge is -2.18. The zero-order chi connectivity index (χ0) is 16.4. The predicted molar refractivity (Wildman–Crippen MR) is 87.5 cm³/mol. The van der Waals surface area contributed by atoms with E-state index in [9.17, 15) is 13.2 Å². The summed E-state index contributed by atoms with van der Waals surface area (Å²) in [5.41, 5.74) is 5.30. The fraction of sp³-hybridized carbons (Fsp3) is 0.562. The van der Waals surface area contributed by atoms with Crippen LogP contribution in [0.15, 0.2) is 6.07 Å². The lowest BCUT2D eigenvalue weighted by atomic mass is 9.98. The maximum absolute atomic E-state index is 12.2. The third-order valence-corrected chi connectivity index (χ3v) is 4.95. The van der Waals surface area contributed by atoms with E-state index in [0.717, 1.165) is 16.8 Å². The van der Waals surface area contributed by atoms with Gasteiger partial charge in [0.25, 0.3) is 0 Å². The summed E-state index contributed by atoms with van der Waals surface area (Å²) >= 11 is 0. The highest BCUT2D eigenvalue weighted by Gasteiger charge is 2.18. The van der Waals surface area contributed by atoms with Crippen LogP contribution in [0.3, 0.4) is 0 Å². The second kappa shape index (κ2) is 6.60. The fourth-order valence-electron chi connectivity index (χ4n) is 2.24. The molecule has 0 aromatic heterocycles. The molecule has 5 heteroatoms. The van der Waals surface area contributed by atoms with Crippen LogP contribution in [0.5, 0.6) is 0 Å². The number of rotatable bonds is 5. The molecule has 4 nitrogen and oxygen atoms in total. The minimum atomic E-state index is -3.03. The van der Waals surface area contributed by atoms with Crippen molar-refractivity contribution in [2.75, 3.05) is 17.3 Å². The minimum Gasteiger partial charge on any atom is -0.325 e. The van der Waals surface area contributed by atoms with Crippen LogP contribution < -0.4 is 5.32 Å². The number of benzene rings is 1. The largest absolute Gasteiger partial charge is 0.325 e. The topological polar surface area (TPSA) is 63.2 Å². The van der Waals surface area contributed by atoms with Crippen LogP contribution in [-0.4, -0.2) is 26.3 Å². The fourth-order valence-corrected chi connectivity index (χ4v) is 3.03. The zero-order valence-electron chi connectivity index (χ0n) is 13.7. The molecule has 1 rings (SSSR count). The van der Waals surface area contributed by atoms with Crippen molar-refractivity contribution in [1.29, 1.82) is 0 Å². The SMILES string of the molecule is Cc1cc(C)c(NC(=O)C(C)CCS(C)(=O)=O)c(C)c1C. The zero-order valence-corrected chi connectivity index (χ0v) is 14.5. The molecule has 1 N–H and O–H groups in total. The monoisotopic (exact) mass is 311 g/mol. The van der Waals surface area contributed by atoms with Gasteiger partial charge < -0.3 is 5.32 Å². The van der Waals surface area contributed by atoms with Gasteiger partial charge in [0, 0.05) is 17.9 Å². The number of hydrogen-bond acceptors (Lipinski definition) is 3. The number of amides is 1. The van der Waals surface area contributed by atoms with Crippen molar-refractivity contribution in [2.45, 2.75) is 41.0 Å². The predicted octanol–water partition coefficient (Wildman–Crippen LogP) is 2.93. The molecule has 0 aliphatic rings. The van der Waals surface area contributed by atoms with E-state index in [1.54, 1.807) is 6.92 Å². The first-order valence-electron chi connectivity index (χ1n) is 7.09. The number of sulfone groups is 1. The summed E-state index contributed by atoms with van der Waals surface area (Å²) in [7, 11) is -3.03. The number of anilines is 1. The lowest BCUT2D eigenvalue weighted by Crippen LogP contribution is -2.23. The summed E-state index contributed by atoms with van der Waals surface area (Å²) < 4.78 is 22.4. The summed E-state index contributed by atoms with van der Waals surface area (Å²) in [4.78, 5) is 12.2. The normalized spacial score (nSPS) is 13.0. The number of nitrogens with one attached hydrogen (secondary N) is 1. The molecular formula is C16H25NO3S. The molecule has 0 aliphatic heterocycles. The Balaban J connectivity index is 2.87. The molecule has 0 heterocycles. The van der Waals surface area contributed by atoms with E-state index in [1.165, 1.54) is 17.4 Å². The highest BCUT2D eigenvalue weighted by Crippen LogP contribution is 2.26. The van der Waals surface area contributed by atoms with Crippen LogP contribution in [0.25, 0.3) is 0 Å². The van der Waals surface area contributed by atoms with Crippen LogP contribution in [0.1, 0.15) is 35.6 Å². The molecule has 0 aliphatic carbocycles. The molecule has 1 amide bonds. The Labute approximate surface area is 127 Å². The molecule has 0 radical (unpaired) electrons. The van der Waals surface area contributed by atoms with E-state index in [0.29, 0.717) is 6.42 Å². The van der Waals surface area contributed by atoms with Crippen molar-refractivity contribution in [2.24, 2.45) is 5.92 Å². The molecular weight excluding hydrogens is 286 g/mol. The number of aryl methyl sites for hydroxylation is 2. The van der Waals surface area contributed by atoms with Gasteiger partial charge in [-0.2, -0.15) is 0 Å². The second-order valence-electron chi connectivity index (χ2n) is 5.94. The molecule has 0 saturated carbocycles.